The van der Waals surface area contributed by atoms with Crippen LogP contribution in [0.3, 0.4) is 0 Å². The van der Waals surface area contributed by atoms with E-state index in [-0.39, 0.29) is 12.6 Å². The standard InChI is InChI=1S/C16H23BrO3S2/c1-16(15(19)20-2,13-4-3-5-14(17)12-13)6-8-21-10-11-22-9-7-18/h3-5,12,18H,6-11H2,1-2H3. The Labute approximate surface area is 149 Å². The first-order valence-electron chi connectivity index (χ1n) is 7.15. The van der Waals surface area contributed by atoms with Gasteiger partial charge in [0.2, 0.25) is 0 Å². The van der Waals surface area contributed by atoms with Gasteiger partial charge in [-0.1, -0.05) is 28.1 Å². The van der Waals surface area contributed by atoms with Crippen LogP contribution in [-0.2, 0) is 14.9 Å². The molecule has 22 heavy (non-hydrogen) atoms. The number of carbonyl (C=O) groups excluding carboxylic acids is 1. The second-order valence-corrected chi connectivity index (χ2v) is 8.40. The van der Waals surface area contributed by atoms with Crippen molar-refractivity contribution in [2.24, 2.45) is 0 Å². The van der Waals surface area contributed by atoms with Crippen molar-refractivity contribution in [2.45, 2.75) is 18.8 Å². The Morgan fingerprint density at radius 3 is 2.55 bits per heavy atom. The summed E-state index contributed by atoms with van der Waals surface area (Å²) in [6.45, 7) is 2.18. The van der Waals surface area contributed by atoms with E-state index in [1.165, 1.54) is 7.11 Å². The monoisotopic (exact) mass is 406 g/mol. The molecular formula is C16H23BrO3S2. The number of methoxy groups -OCH3 is 1. The van der Waals surface area contributed by atoms with Crippen LogP contribution in [0.15, 0.2) is 28.7 Å². The lowest BCUT2D eigenvalue weighted by molar-refractivity contribution is -0.147. The minimum absolute atomic E-state index is 0.194. The fraction of sp³-hybridized carbons (Fsp3) is 0.562. The molecule has 3 nitrogen and oxygen atoms in total. The maximum Gasteiger partial charge on any atom is 0.316 e. The summed E-state index contributed by atoms with van der Waals surface area (Å²) in [6, 6.07) is 7.86. The summed E-state index contributed by atoms with van der Waals surface area (Å²) >= 11 is 7.05. The molecule has 1 N–H and O–H groups in total. The fourth-order valence-electron chi connectivity index (χ4n) is 2.08. The molecule has 1 unspecified atom stereocenters. The summed E-state index contributed by atoms with van der Waals surface area (Å²) in [4.78, 5) is 12.3. The molecule has 0 aliphatic heterocycles. The topological polar surface area (TPSA) is 46.5 Å². The lowest BCUT2D eigenvalue weighted by Crippen LogP contribution is -2.34. The number of thioether (sulfide) groups is 2. The Kier molecular flexibility index (Phi) is 9.55. The molecule has 0 fully saturated rings. The van der Waals surface area contributed by atoms with E-state index in [1.807, 2.05) is 43.0 Å². The van der Waals surface area contributed by atoms with Gasteiger partial charge in [0.1, 0.15) is 0 Å². The lowest BCUT2D eigenvalue weighted by Gasteiger charge is -2.27. The highest BCUT2D eigenvalue weighted by Crippen LogP contribution is 2.32. The fourth-order valence-corrected chi connectivity index (χ4v) is 4.52. The largest absolute Gasteiger partial charge is 0.468 e. The van der Waals surface area contributed by atoms with Crippen molar-refractivity contribution in [3.05, 3.63) is 34.3 Å². The first-order chi connectivity index (χ1) is 10.5. The van der Waals surface area contributed by atoms with Gasteiger partial charge in [-0.2, -0.15) is 23.5 Å². The van der Waals surface area contributed by atoms with E-state index >= 15 is 0 Å². The van der Waals surface area contributed by atoms with Crippen molar-refractivity contribution in [1.82, 2.24) is 0 Å². The first-order valence-corrected chi connectivity index (χ1v) is 10.3. The van der Waals surface area contributed by atoms with Crippen molar-refractivity contribution in [3.63, 3.8) is 0 Å². The summed E-state index contributed by atoms with van der Waals surface area (Å²) in [5, 5.41) is 8.73. The van der Waals surface area contributed by atoms with Gasteiger partial charge >= 0.3 is 5.97 Å². The highest BCUT2D eigenvalue weighted by atomic mass is 79.9. The van der Waals surface area contributed by atoms with E-state index in [2.05, 4.69) is 15.9 Å². The molecule has 124 valence electrons. The van der Waals surface area contributed by atoms with Gasteiger partial charge in [-0.05, 0) is 36.8 Å². The van der Waals surface area contributed by atoms with Gasteiger partial charge < -0.3 is 9.84 Å². The second kappa shape index (κ2) is 10.6. The minimum atomic E-state index is -0.621. The predicted octanol–water partition coefficient (Wildman–Crippen LogP) is 3.73. The Hall–Kier alpha value is -0.170. The summed E-state index contributed by atoms with van der Waals surface area (Å²) in [5.74, 6) is 3.55. The van der Waals surface area contributed by atoms with E-state index in [0.29, 0.717) is 0 Å². The third-order valence-corrected chi connectivity index (χ3v) is 6.15. The zero-order valence-electron chi connectivity index (χ0n) is 13.0. The van der Waals surface area contributed by atoms with Crippen molar-refractivity contribution in [2.75, 3.05) is 36.7 Å². The molecule has 0 saturated carbocycles. The number of benzene rings is 1. The second-order valence-electron chi connectivity index (χ2n) is 5.03. The van der Waals surface area contributed by atoms with E-state index in [4.69, 9.17) is 9.84 Å². The molecule has 0 aromatic heterocycles. The zero-order valence-corrected chi connectivity index (χ0v) is 16.2. The zero-order chi connectivity index (χ0) is 16.4. The number of rotatable bonds is 10. The summed E-state index contributed by atoms with van der Waals surface area (Å²) in [6.07, 6.45) is 0.742. The van der Waals surface area contributed by atoms with Crippen LogP contribution in [0.4, 0.5) is 0 Å². The number of halogens is 1. The van der Waals surface area contributed by atoms with Crippen LogP contribution >= 0.6 is 39.5 Å². The van der Waals surface area contributed by atoms with Gasteiger partial charge in [0.15, 0.2) is 0 Å². The quantitative estimate of drug-likeness (QED) is 0.473. The van der Waals surface area contributed by atoms with Crippen LogP contribution in [-0.4, -0.2) is 47.8 Å². The molecule has 0 bridgehead atoms. The Morgan fingerprint density at radius 1 is 1.27 bits per heavy atom. The number of aliphatic hydroxyl groups is 1. The van der Waals surface area contributed by atoms with Crippen molar-refractivity contribution in [3.8, 4) is 0 Å². The van der Waals surface area contributed by atoms with E-state index in [9.17, 15) is 4.79 Å². The normalized spacial score (nSPS) is 13.6. The first kappa shape index (κ1) is 19.9. The van der Waals surface area contributed by atoms with Crippen molar-refractivity contribution in [1.29, 1.82) is 0 Å². The van der Waals surface area contributed by atoms with Crippen LogP contribution in [0, 0.1) is 0 Å². The Balaban J connectivity index is 2.60. The van der Waals surface area contributed by atoms with Crippen LogP contribution in [0.5, 0.6) is 0 Å². The number of ether oxygens (including phenoxy) is 1. The molecular weight excluding hydrogens is 384 g/mol. The van der Waals surface area contributed by atoms with E-state index in [0.717, 1.165) is 39.5 Å². The number of aliphatic hydroxyl groups excluding tert-OH is 1. The minimum Gasteiger partial charge on any atom is -0.468 e. The Bertz CT molecular complexity index is 470. The van der Waals surface area contributed by atoms with Gasteiger partial charge in [-0.15, -0.1) is 0 Å². The molecule has 0 radical (unpaired) electrons. The highest BCUT2D eigenvalue weighted by Gasteiger charge is 2.36. The average Bonchev–Trinajstić information content (AvgIpc) is 2.53. The molecule has 0 spiro atoms. The van der Waals surface area contributed by atoms with Crippen LogP contribution in [0.25, 0.3) is 0 Å². The van der Waals surface area contributed by atoms with Crippen molar-refractivity contribution >= 4 is 45.4 Å². The maximum atomic E-state index is 12.3. The third kappa shape index (κ3) is 6.14. The number of hydrogen-bond acceptors (Lipinski definition) is 5. The summed E-state index contributed by atoms with van der Waals surface area (Å²) < 4.78 is 5.99. The smallest absolute Gasteiger partial charge is 0.316 e. The molecule has 0 aliphatic rings. The molecule has 1 aromatic rings. The van der Waals surface area contributed by atoms with Crippen molar-refractivity contribution < 1.29 is 14.6 Å². The van der Waals surface area contributed by atoms with Gasteiger partial charge in [0, 0.05) is 21.7 Å². The SMILES string of the molecule is COC(=O)C(C)(CCSCCSCCO)c1cccc(Br)c1. The lowest BCUT2D eigenvalue weighted by atomic mass is 9.80. The van der Waals surface area contributed by atoms with Gasteiger partial charge in [-0.3, -0.25) is 4.79 Å². The molecule has 1 atom stereocenters. The molecule has 1 rings (SSSR count). The third-order valence-electron chi connectivity index (χ3n) is 3.45. The van der Waals surface area contributed by atoms with E-state index in [1.54, 1.807) is 11.8 Å². The summed E-state index contributed by atoms with van der Waals surface area (Å²) in [7, 11) is 1.44. The molecule has 0 saturated heterocycles. The summed E-state index contributed by atoms with van der Waals surface area (Å²) in [5.41, 5.74) is 0.355. The molecule has 0 aliphatic carbocycles. The van der Waals surface area contributed by atoms with Gasteiger partial charge in [-0.25, -0.2) is 0 Å². The molecule has 6 heteroatoms. The average molecular weight is 407 g/mol. The van der Waals surface area contributed by atoms with Crippen LogP contribution < -0.4 is 0 Å². The van der Waals surface area contributed by atoms with Gasteiger partial charge in [0.25, 0.3) is 0 Å². The van der Waals surface area contributed by atoms with E-state index < -0.39 is 5.41 Å². The maximum absolute atomic E-state index is 12.3. The number of hydrogen-bond donors (Lipinski definition) is 1. The number of esters is 1. The number of carbonyl (C=O) groups is 1. The van der Waals surface area contributed by atoms with Gasteiger partial charge in [0.05, 0.1) is 19.1 Å². The highest BCUT2D eigenvalue weighted by molar-refractivity contribution is 9.10. The Morgan fingerprint density at radius 2 is 1.95 bits per heavy atom. The predicted molar refractivity (Wildman–Crippen MR) is 99.9 cm³/mol. The molecule has 0 heterocycles. The molecule has 0 amide bonds. The van der Waals surface area contributed by atoms with Crippen LogP contribution in [0.2, 0.25) is 0 Å². The van der Waals surface area contributed by atoms with Crippen LogP contribution in [0.1, 0.15) is 18.9 Å². The molecule has 1 aromatic carbocycles.